The standard InChI is InChI=1S/C20H31N3O/c1-3-14-23(15-4-2)18-11-13-21-19(16-18)20(24)22-12-10-17-8-6-5-7-9-17/h8,11,13,16H,3-7,9-10,12,14-15H2,1-2H3,(H,22,24). The first-order valence-electron chi connectivity index (χ1n) is 9.41. The largest absolute Gasteiger partial charge is 0.371 e. The van der Waals surface area contributed by atoms with Crippen molar-refractivity contribution in [3.8, 4) is 0 Å². The van der Waals surface area contributed by atoms with Crippen molar-refractivity contribution in [2.45, 2.75) is 58.8 Å². The molecule has 0 unspecified atom stereocenters. The lowest BCUT2D eigenvalue weighted by atomic mass is 9.97. The zero-order chi connectivity index (χ0) is 17.2. The number of carbonyl (C=O) groups excluding carboxylic acids is 1. The van der Waals surface area contributed by atoms with Gasteiger partial charge in [-0.3, -0.25) is 9.78 Å². The maximum absolute atomic E-state index is 12.4. The van der Waals surface area contributed by atoms with Gasteiger partial charge >= 0.3 is 0 Å². The Morgan fingerprint density at radius 1 is 1.25 bits per heavy atom. The molecule has 1 amide bonds. The molecule has 2 rings (SSSR count). The zero-order valence-corrected chi connectivity index (χ0v) is 15.2. The lowest BCUT2D eigenvalue weighted by Crippen LogP contribution is -2.28. The van der Waals surface area contributed by atoms with Gasteiger partial charge in [-0.1, -0.05) is 25.5 Å². The van der Waals surface area contributed by atoms with Crippen molar-refractivity contribution >= 4 is 11.6 Å². The average molecular weight is 329 g/mol. The number of amides is 1. The van der Waals surface area contributed by atoms with Crippen LogP contribution in [-0.2, 0) is 0 Å². The second-order valence-electron chi connectivity index (χ2n) is 6.50. The third kappa shape index (κ3) is 5.66. The number of carbonyl (C=O) groups is 1. The first-order valence-corrected chi connectivity index (χ1v) is 9.41. The highest BCUT2D eigenvalue weighted by Gasteiger charge is 2.11. The molecule has 0 aromatic carbocycles. The molecule has 1 aromatic heterocycles. The summed E-state index contributed by atoms with van der Waals surface area (Å²) in [5, 5.41) is 3.02. The smallest absolute Gasteiger partial charge is 0.269 e. The van der Waals surface area contributed by atoms with Crippen LogP contribution in [0.15, 0.2) is 30.0 Å². The van der Waals surface area contributed by atoms with E-state index in [9.17, 15) is 4.79 Å². The highest BCUT2D eigenvalue weighted by Crippen LogP contribution is 2.19. The van der Waals surface area contributed by atoms with Crippen molar-refractivity contribution in [2.75, 3.05) is 24.5 Å². The van der Waals surface area contributed by atoms with E-state index in [-0.39, 0.29) is 5.91 Å². The van der Waals surface area contributed by atoms with Crippen molar-refractivity contribution in [1.82, 2.24) is 10.3 Å². The fourth-order valence-corrected chi connectivity index (χ4v) is 3.21. The van der Waals surface area contributed by atoms with Gasteiger partial charge in [0.25, 0.3) is 5.91 Å². The van der Waals surface area contributed by atoms with Crippen molar-refractivity contribution in [3.63, 3.8) is 0 Å². The summed E-state index contributed by atoms with van der Waals surface area (Å²) >= 11 is 0. The Morgan fingerprint density at radius 3 is 2.71 bits per heavy atom. The number of nitrogens with one attached hydrogen (secondary N) is 1. The molecule has 1 aliphatic rings. The van der Waals surface area contributed by atoms with Gasteiger partial charge in [0.1, 0.15) is 5.69 Å². The number of pyridine rings is 1. The SMILES string of the molecule is CCCN(CCC)c1ccnc(C(=O)NCCC2=CCCCC2)c1. The molecule has 1 N–H and O–H groups in total. The highest BCUT2D eigenvalue weighted by molar-refractivity contribution is 5.93. The minimum absolute atomic E-state index is 0.0683. The van der Waals surface area contributed by atoms with Gasteiger partial charge in [-0.25, -0.2) is 0 Å². The topological polar surface area (TPSA) is 45.2 Å². The molecule has 0 spiro atoms. The summed E-state index contributed by atoms with van der Waals surface area (Å²) in [4.78, 5) is 18.9. The number of hydrogen-bond acceptors (Lipinski definition) is 3. The first-order chi connectivity index (χ1) is 11.7. The molecule has 1 aromatic rings. The predicted molar refractivity (Wildman–Crippen MR) is 101 cm³/mol. The monoisotopic (exact) mass is 329 g/mol. The van der Waals surface area contributed by atoms with Crippen LogP contribution in [0, 0.1) is 0 Å². The Kier molecular flexibility index (Phi) is 7.80. The van der Waals surface area contributed by atoms with E-state index in [1.54, 1.807) is 6.20 Å². The van der Waals surface area contributed by atoms with Crippen LogP contribution >= 0.6 is 0 Å². The second kappa shape index (κ2) is 10.1. The van der Waals surface area contributed by atoms with E-state index in [0.29, 0.717) is 12.2 Å². The summed E-state index contributed by atoms with van der Waals surface area (Å²) < 4.78 is 0. The van der Waals surface area contributed by atoms with Gasteiger partial charge < -0.3 is 10.2 Å². The number of anilines is 1. The van der Waals surface area contributed by atoms with Crippen LogP contribution in [-0.4, -0.2) is 30.5 Å². The fourth-order valence-electron chi connectivity index (χ4n) is 3.21. The van der Waals surface area contributed by atoms with Crippen LogP contribution in [0.1, 0.15) is 69.3 Å². The van der Waals surface area contributed by atoms with Crippen LogP contribution in [0.25, 0.3) is 0 Å². The van der Waals surface area contributed by atoms with Crippen molar-refractivity contribution < 1.29 is 4.79 Å². The Bertz CT molecular complexity index is 548. The molecule has 132 valence electrons. The van der Waals surface area contributed by atoms with Gasteiger partial charge in [0.2, 0.25) is 0 Å². The highest BCUT2D eigenvalue weighted by atomic mass is 16.1. The molecule has 0 aliphatic heterocycles. The number of allylic oxidation sites excluding steroid dienone is 1. The van der Waals surface area contributed by atoms with Gasteiger partial charge in [-0.15, -0.1) is 0 Å². The van der Waals surface area contributed by atoms with E-state index < -0.39 is 0 Å². The number of nitrogens with zero attached hydrogens (tertiary/aromatic N) is 2. The molecule has 1 aliphatic carbocycles. The van der Waals surface area contributed by atoms with Gasteiger partial charge in [-0.05, 0) is 57.1 Å². The molecule has 1 heterocycles. The van der Waals surface area contributed by atoms with Crippen molar-refractivity contribution in [2.24, 2.45) is 0 Å². The van der Waals surface area contributed by atoms with Crippen LogP contribution in [0.5, 0.6) is 0 Å². The quantitative estimate of drug-likeness (QED) is 0.686. The summed E-state index contributed by atoms with van der Waals surface area (Å²) in [7, 11) is 0. The molecule has 0 atom stereocenters. The minimum Gasteiger partial charge on any atom is -0.371 e. The molecule has 0 bridgehead atoms. The van der Waals surface area contributed by atoms with Crippen LogP contribution in [0.3, 0.4) is 0 Å². The van der Waals surface area contributed by atoms with E-state index >= 15 is 0 Å². The van der Waals surface area contributed by atoms with E-state index in [1.165, 1.54) is 31.3 Å². The van der Waals surface area contributed by atoms with Gasteiger partial charge in [-0.2, -0.15) is 0 Å². The third-order valence-corrected chi connectivity index (χ3v) is 4.45. The maximum atomic E-state index is 12.4. The number of aromatic nitrogens is 1. The molecular weight excluding hydrogens is 298 g/mol. The molecule has 4 heteroatoms. The molecule has 24 heavy (non-hydrogen) atoms. The Balaban J connectivity index is 1.91. The Hall–Kier alpha value is -1.84. The maximum Gasteiger partial charge on any atom is 0.269 e. The molecule has 0 radical (unpaired) electrons. The second-order valence-corrected chi connectivity index (χ2v) is 6.50. The molecule has 0 fully saturated rings. The summed E-state index contributed by atoms with van der Waals surface area (Å²) in [5.41, 5.74) is 3.09. The van der Waals surface area contributed by atoms with E-state index in [2.05, 4.69) is 35.1 Å². The Morgan fingerprint density at radius 2 is 2.04 bits per heavy atom. The van der Waals surface area contributed by atoms with Crippen LogP contribution in [0.2, 0.25) is 0 Å². The number of rotatable bonds is 9. The summed E-state index contributed by atoms with van der Waals surface area (Å²) in [6.45, 7) is 7.07. The van der Waals surface area contributed by atoms with E-state index in [1.807, 2.05) is 12.1 Å². The van der Waals surface area contributed by atoms with Crippen LogP contribution in [0.4, 0.5) is 5.69 Å². The average Bonchev–Trinajstić information content (AvgIpc) is 2.62. The molecular formula is C20H31N3O. The third-order valence-electron chi connectivity index (χ3n) is 4.45. The van der Waals surface area contributed by atoms with Gasteiger partial charge in [0.15, 0.2) is 0 Å². The van der Waals surface area contributed by atoms with Gasteiger partial charge in [0.05, 0.1) is 0 Å². The lowest BCUT2D eigenvalue weighted by Gasteiger charge is -2.24. The predicted octanol–water partition coefficient (Wildman–Crippen LogP) is 4.33. The van der Waals surface area contributed by atoms with E-state index in [4.69, 9.17) is 0 Å². The molecule has 0 saturated heterocycles. The lowest BCUT2D eigenvalue weighted by molar-refractivity contribution is 0.0949. The van der Waals surface area contributed by atoms with Gasteiger partial charge in [0, 0.05) is 31.5 Å². The zero-order valence-electron chi connectivity index (χ0n) is 15.2. The molecule has 4 nitrogen and oxygen atoms in total. The van der Waals surface area contributed by atoms with E-state index in [0.717, 1.165) is 38.0 Å². The first kappa shape index (κ1) is 18.5. The van der Waals surface area contributed by atoms with Crippen LogP contribution < -0.4 is 10.2 Å². The summed E-state index contributed by atoms with van der Waals surface area (Å²) in [6, 6.07) is 3.91. The Labute approximate surface area is 146 Å². The summed E-state index contributed by atoms with van der Waals surface area (Å²) in [5.74, 6) is -0.0683. The fraction of sp³-hybridized carbons (Fsp3) is 0.600. The number of hydrogen-bond donors (Lipinski definition) is 1. The minimum atomic E-state index is -0.0683. The van der Waals surface area contributed by atoms with Crippen molar-refractivity contribution in [1.29, 1.82) is 0 Å². The summed E-state index contributed by atoms with van der Waals surface area (Å²) in [6.07, 6.45) is 12.2. The van der Waals surface area contributed by atoms with Crippen molar-refractivity contribution in [3.05, 3.63) is 35.7 Å². The normalized spacial score (nSPS) is 14.2. The molecule has 0 saturated carbocycles.